The van der Waals surface area contributed by atoms with E-state index in [4.69, 9.17) is 11.6 Å². The second-order valence-corrected chi connectivity index (χ2v) is 6.84. The van der Waals surface area contributed by atoms with E-state index in [9.17, 15) is 19.3 Å². The molecule has 0 unspecified atom stereocenters. The molecule has 1 N–H and O–H groups in total. The maximum Gasteiger partial charge on any atom is 0.306 e. The molecule has 0 aliphatic carbocycles. The number of carbonyl (C=O) groups is 1. The van der Waals surface area contributed by atoms with Gasteiger partial charge in [0.2, 0.25) is 5.82 Å². The molecule has 0 aliphatic rings. The minimum absolute atomic E-state index is 0.105. The highest BCUT2D eigenvalue weighted by Gasteiger charge is 2.18. The van der Waals surface area contributed by atoms with Crippen LogP contribution in [0.15, 0.2) is 72.8 Å². The fraction of sp³-hybridized carbons (Fsp3) is 0. The van der Waals surface area contributed by atoms with E-state index in [0.29, 0.717) is 32.7 Å². The first-order valence-corrected chi connectivity index (χ1v) is 9.22. The largest absolute Gasteiger partial charge is 0.322 e. The second kappa shape index (κ2) is 7.88. The number of nitro groups is 1. The molecule has 1 heterocycles. The van der Waals surface area contributed by atoms with Crippen molar-refractivity contribution in [3.05, 3.63) is 99.3 Å². The number of nitro benzene ring substituents is 1. The van der Waals surface area contributed by atoms with Crippen LogP contribution in [0.25, 0.3) is 22.2 Å². The Morgan fingerprint density at radius 1 is 1.03 bits per heavy atom. The summed E-state index contributed by atoms with van der Waals surface area (Å²) in [5.74, 6) is -1.49. The van der Waals surface area contributed by atoms with Gasteiger partial charge in [0.1, 0.15) is 0 Å². The predicted octanol–water partition coefficient (Wildman–Crippen LogP) is 5.85. The topological polar surface area (TPSA) is 85.1 Å². The molecule has 0 radical (unpaired) electrons. The number of rotatable bonds is 4. The molecular weight excluding hydrogens is 409 g/mol. The van der Waals surface area contributed by atoms with Crippen molar-refractivity contribution in [2.75, 3.05) is 5.32 Å². The second-order valence-electron chi connectivity index (χ2n) is 6.43. The van der Waals surface area contributed by atoms with Crippen molar-refractivity contribution in [2.24, 2.45) is 0 Å². The van der Waals surface area contributed by atoms with E-state index in [1.54, 1.807) is 48.5 Å². The lowest BCUT2D eigenvalue weighted by Gasteiger charge is -2.11. The van der Waals surface area contributed by atoms with Gasteiger partial charge >= 0.3 is 5.69 Å². The number of nitrogens with one attached hydrogen (secondary N) is 1. The molecule has 1 aromatic heterocycles. The van der Waals surface area contributed by atoms with Crippen LogP contribution in [-0.4, -0.2) is 15.8 Å². The zero-order valence-electron chi connectivity index (χ0n) is 15.3. The van der Waals surface area contributed by atoms with Gasteiger partial charge in [0, 0.05) is 27.7 Å². The van der Waals surface area contributed by atoms with Gasteiger partial charge in [-0.3, -0.25) is 14.9 Å². The summed E-state index contributed by atoms with van der Waals surface area (Å²) in [5.41, 5.74) is 1.45. The number of hydrogen-bond donors (Lipinski definition) is 1. The third-order valence-electron chi connectivity index (χ3n) is 4.51. The van der Waals surface area contributed by atoms with Crippen LogP contribution in [0.4, 0.5) is 15.8 Å². The lowest BCUT2D eigenvalue weighted by molar-refractivity contribution is -0.387. The third-order valence-corrected chi connectivity index (χ3v) is 4.84. The van der Waals surface area contributed by atoms with Crippen molar-refractivity contribution in [3.63, 3.8) is 0 Å². The number of halogens is 2. The summed E-state index contributed by atoms with van der Waals surface area (Å²) in [4.78, 5) is 27.8. The van der Waals surface area contributed by atoms with Crippen LogP contribution in [0.5, 0.6) is 0 Å². The van der Waals surface area contributed by atoms with E-state index in [1.807, 2.05) is 6.07 Å². The number of nitrogens with zero attached hydrogens (tertiary/aromatic N) is 2. The van der Waals surface area contributed by atoms with Gasteiger partial charge in [-0.2, -0.15) is 4.39 Å². The Bertz CT molecular complexity index is 1310. The van der Waals surface area contributed by atoms with Gasteiger partial charge < -0.3 is 5.32 Å². The molecule has 0 saturated heterocycles. The number of fused-ring (bicyclic) bond motifs is 1. The predicted molar refractivity (Wildman–Crippen MR) is 113 cm³/mol. The molecule has 3 aromatic carbocycles. The summed E-state index contributed by atoms with van der Waals surface area (Å²) in [6, 6.07) is 19.0. The Kier molecular flexibility index (Phi) is 5.12. The minimum Gasteiger partial charge on any atom is -0.322 e. The molecule has 30 heavy (non-hydrogen) atoms. The molecule has 0 saturated carbocycles. The molecular formula is C22H13ClFN3O3. The van der Waals surface area contributed by atoms with Crippen molar-refractivity contribution in [1.29, 1.82) is 0 Å². The summed E-state index contributed by atoms with van der Waals surface area (Å²) in [6.45, 7) is 0. The zero-order valence-corrected chi connectivity index (χ0v) is 16.1. The van der Waals surface area contributed by atoms with Crippen LogP contribution >= 0.6 is 11.6 Å². The normalized spacial score (nSPS) is 10.7. The number of amides is 1. The van der Waals surface area contributed by atoms with Gasteiger partial charge in [0.05, 0.1) is 21.7 Å². The van der Waals surface area contributed by atoms with E-state index in [1.165, 1.54) is 6.07 Å². The van der Waals surface area contributed by atoms with Crippen LogP contribution in [-0.2, 0) is 0 Å². The fourth-order valence-corrected chi connectivity index (χ4v) is 3.33. The standard InChI is InChI=1S/C22H13ClFN3O3/c23-17-7-3-1-6-15(17)20-12-16(14-5-2-4-8-19(14)26-20)22(28)25-13-9-10-18(24)21(11-13)27(29)30/h1-12H,(H,25,28). The number of anilines is 1. The number of hydrogen-bond acceptors (Lipinski definition) is 4. The monoisotopic (exact) mass is 421 g/mol. The highest BCUT2D eigenvalue weighted by atomic mass is 35.5. The number of para-hydroxylation sites is 1. The maximum atomic E-state index is 13.6. The van der Waals surface area contributed by atoms with Crippen LogP contribution in [0, 0.1) is 15.9 Å². The number of aromatic nitrogens is 1. The van der Waals surface area contributed by atoms with Crippen molar-refractivity contribution >= 4 is 39.8 Å². The SMILES string of the molecule is O=C(Nc1ccc(F)c([N+](=O)[O-])c1)c1cc(-c2ccccc2Cl)nc2ccccc12. The number of pyridine rings is 1. The van der Waals surface area contributed by atoms with Crippen molar-refractivity contribution in [3.8, 4) is 11.3 Å². The summed E-state index contributed by atoms with van der Waals surface area (Å²) in [5, 5.41) is 14.7. The van der Waals surface area contributed by atoms with E-state index in [-0.39, 0.29) is 5.69 Å². The Labute approximate surface area is 175 Å². The lowest BCUT2D eigenvalue weighted by atomic mass is 10.0. The van der Waals surface area contributed by atoms with Crippen molar-refractivity contribution in [2.45, 2.75) is 0 Å². The van der Waals surface area contributed by atoms with Crippen LogP contribution < -0.4 is 5.32 Å². The molecule has 0 spiro atoms. The van der Waals surface area contributed by atoms with Crippen molar-refractivity contribution < 1.29 is 14.1 Å². The van der Waals surface area contributed by atoms with Crippen LogP contribution in [0.3, 0.4) is 0 Å². The van der Waals surface area contributed by atoms with Crippen molar-refractivity contribution in [1.82, 2.24) is 4.98 Å². The fourth-order valence-electron chi connectivity index (χ4n) is 3.10. The van der Waals surface area contributed by atoms with E-state index < -0.39 is 22.3 Å². The lowest BCUT2D eigenvalue weighted by Crippen LogP contribution is -2.13. The quantitative estimate of drug-likeness (QED) is 0.330. The molecule has 1 amide bonds. The van der Waals surface area contributed by atoms with Gasteiger partial charge in [-0.05, 0) is 30.3 Å². The molecule has 4 aromatic rings. The number of carbonyl (C=O) groups excluding carboxylic acids is 1. The molecule has 0 fully saturated rings. The summed E-state index contributed by atoms with van der Waals surface area (Å²) < 4.78 is 13.6. The van der Waals surface area contributed by atoms with E-state index in [2.05, 4.69) is 10.3 Å². The summed E-state index contributed by atoms with van der Waals surface area (Å²) >= 11 is 6.29. The van der Waals surface area contributed by atoms with Gasteiger partial charge in [0.25, 0.3) is 5.91 Å². The van der Waals surface area contributed by atoms with E-state index in [0.717, 1.165) is 12.1 Å². The maximum absolute atomic E-state index is 13.6. The van der Waals surface area contributed by atoms with Crippen LogP contribution in [0.1, 0.15) is 10.4 Å². The van der Waals surface area contributed by atoms with Gasteiger partial charge in [-0.15, -0.1) is 0 Å². The summed E-state index contributed by atoms with van der Waals surface area (Å²) in [7, 11) is 0. The Balaban J connectivity index is 1.80. The molecule has 0 atom stereocenters. The van der Waals surface area contributed by atoms with Gasteiger partial charge in [-0.1, -0.05) is 48.0 Å². The Hall–Kier alpha value is -3.84. The molecule has 8 heteroatoms. The number of benzene rings is 3. The average molecular weight is 422 g/mol. The highest BCUT2D eigenvalue weighted by Crippen LogP contribution is 2.30. The van der Waals surface area contributed by atoms with Gasteiger partial charge in [-0.25, -0.2) is 4.98 Å². The first-order valence-electron chi connectivity index (χ1n) is 8.84. The van der Waals surface area contributed by atoms with Crippen LogP contribution in [0.2, 0.25) is 5.02 Å². The molecule has 0 bridgehead atoms. The summed E-state index contributed by atoms with van der Waals surface area (Å²) in [6.07, 6.45) is 0. The molecule has 6 nitrogen and oxygen atoms in total. The van der Waals surface area contributed by atoms with Gasteiger partial charge in [0.15, 0.2) is 0 Å². The van der Waals surface area contributed by atoms with E-state index >= 15 is 0 Å². The Morgan fingerprint density at radius 2 is 1.77 bits per heavy atom. The third kappa shape index (κ3) is 3.70. The average Bonchev–Trinajstić information content (AvgIpc) is 2.74. The molecule has 148 valence electrons. The zero-order chi connectivity index (χ0) is 21.3. The molecule has 4 rings (SSSR count). The highest BCUT2D eigenvalue weighted by molar-refractivity contribution is 6.33. The first kappa shape index (κ1) is 19.5. The first-order chi connectivity index (χ1) is 14.4. The smallest absolute Gasteiger partial charge is 0.306 e. The minimum atomic E-state index is -0.978. The Morgan fingerprint density at radius 3 is 2.53 bits per heavy atom. The molecule has 0 aliphatic heterocycles.